The Bertz CT molecular complexity index is 708. The Hall–Kier alpha value is -2.50. The molecule has 23 heavy (non-hydrogen) atoms. The number of nitrogens with zero attached hydrogens (tertiary/aromatic N) is 4. The second-order valence-electron chi connectivity index (χ2n) is 5.79. The molecule has 6 heteroatoms. The number of carbonyl (C=O) groups is 1. The maximum atomic E-state index is 12.8. The number of anilines is 1. The van der Waals surface area contributed by atoms with E-state index in [9.17, 15) is 4.79 Å². The van der Waals surface area contributed by atoms with Crippen molar-refractivity contribution < 1.29 is 9.53 Å². The maximum absolute atomic E-state index is 12.8. The van der Waals surface area contributed by atoms with Crippen LogP contribution in [0.5, 0.6) is 5.75 Å². The lowest BCUT2D eigenvalue weighted by Crippen LogP contribution is -2.34. The fourth-order valence-corrected chi connectivity index (χ4v) is 2.76. The summed E-state index contributed by atoms with van der Waals surface area (Å²) in [6.07, 6.45) is 1.67. The Morgan fingerprint density at radius 2 is 2.17 bits per heavy atom. The van der Waals surface area contributed by atoms with Crippen LogP contribution in [0, 0.1) is 0 Å². The quantitative estimate of drug-likeness (QED) is 0.869. The van der Waals surface area contributed by atoms with Crippen LogP contribution < -0.4 is 9.64 Å². The number of amides is 1. The molecule has 0 unspecified atom stereocenters. The van der Waals surface area contributed by atoms with Gasteiger partial charge in [-0.15, -0.1) is 0 Å². The Labute approximate surface area is 136 Å². The van der Waals surface area contributed by atoms with Gasteiger partial charge in [-0.3, -0.25) is 9.48 Å². The molecule has 0 saturated carbocycles. The zero-order valence-electron chi connectivity index (χ0n) is 13.8. The van der Waals surface area contributed by atoms with E-state index in [4.69, 9.17) is 4.74 Å². The van der Waals surface area contributed by atoms with Crippen LogP contribution >= 0.6 is 0 Å². The minimum atomic E-state index is -0.00365. The third-order valence-electron chi connectivity index (χ3n) is 4.06. The Morgan fingerprint density at radius 3 is 2.91 bits per heavy atom. The standard InChI is InChI=1S/C17H22N4O2/c1-4-21-15(7-8-18-21)17(22)20-9-10-23-16-6-5-14(19(2)3)11-13(16)12-20/h5-8,11H,4,9-10,12H2,1-3H3. The molecule has 1 aliphatic rings. The van der Waals surface area contributed by atoms with Gasteiger partial charge in [-0.25, -0.2) is 0 Å². The molecule has 1 aromatic heterocycles. The van der Waals surface area contributed by atoms with E-state index in [1.807, 2.05) is 43.0 Å². The van der Waals surface area contributed by atoms with Crippen LogP contribution in [0.3, 0.4) is 0 Å². The second kappa shape index (κ2) is 6.32. The van der Waals surface area contributed by atoms with Gasteiger partial charge < -0.3 is 14.5 Å². The van der Waals surface area contributed by atoms with Crippen molar-refractivity contribution >= 4 is 11.6 Å². The first-order valence-electron chi connectivity index (χ1n) is 7.84. The molecule has 0 N–H and O–H groups in total. The van der Waals surface area contributed by atoms with Gasteiger partial charge in [0.1, 0.15) is 18.1 Å². The van der Waals surface area contributed by atoms with Crippen molar-refractivity contribution in [1.82, 2.24) is 14.7 Å². The fourth-order valence-electron chi connectivity index (χ4n) is 2.76. The number of fused-ring (bicyclic) bond motifs is 1. The average molecular weight is 314 g/mol. The average Bonchev–Trinajstić information content (AvgIpc) is 2.92. The summed E-state index contributed by atoms with van der Waals surface area (Å²) in [6, 6.07) is 7.87. The lowest BCUT2D eigenvalue weighted by molar-refractivity contribution is 0.0720. The molecule has 0 spiro atoms. The molecule has 2 heterocycles. The van der Waals surface area contributed by atoms with E-state index < -0.39 is 0 Å². The lowest BCUT2D eigenvalue weighted by atomic mass is 10.1. The highest BCUT2D eigenvalue weighted by molar-refractivity contribution is 5.92. The fraction of sp³-hybridized carbons (Fsp3) is 0.412. The van der Waals surface area contributed by atoms with Crippen molar-refractivity contribution in [2.75, 3.05) is 32.1 Å². The van der Waals surface area contributed by atoms with Gasteiger partial charge >= 0.3 is 0 Å². The van der Waals surface area contributed by atoms with E-state index in [-0.39, 0.29) is 5.91 Å². The van der Waals surface area contributed by atoms with E-state index >= 15 is 0 Å². The molecule has 0 bridgehead atoms. The number of carbonyl (C=O) groups excluding carboxylic acids is 1. The molecular formula is C17H22N4O2. The van der Waals surface area contributed by atoms with E-state index in [0.29, 0.717) is 31.9 Å². The molecule has 2 aromatic rings. The van der Waals surface area contributed by atoms with E-state index in [2.05, 4.69) is 11.2 Å². The van der Waals surface area contributed by atoms with Crippen molar-refractivity contribution in [3.63, 3.8) is 0 Å². The third-order valence-corrected chi connectivity index (χ3v) is 4.06. The molecule has 1 aromatic carbocycles. The maximum Gasteiger partial charge on any atom is 0.272 e. The summed E-state index contributed by atoms with van der Waals surface area (Å²) in [5, 5.41) is 4.19. The Balaban J connectivity index is 1.88. The monoisotopic (exact) mass is 314 g/mol. The topological polar surface area (TPSA) is 50.6 Å². The number of ether oxygens (including phenoxy) is 1. The van der Waals surface area contributed by atoms with Gasteiger partial charge in [0.25, 0.3) is 5.91 Å². The first-order chi connectivity index (χ1) is 11.1. The Morgan fingerprint density at radius 1 is 1.35 bits per heavy atom. The molecule has 0 radical (unpaired) electrons. The van der Waals surface area contributed by atoms with E-state index in [1.165, 1.54) is 0 Å². The number of rotatable bonds is 3. The van der Waals surface area contributed by atoms with E-state index in [1.54, 1.807) is 16.9 Å². The normalized spacial score (nSPS) is 14.0. The molecule has 122 valence electrons. The largest absolute Gasteiger partial charge is 0.491 e. The van der Waals surface area contributed by atoms with Crippen LogP contribution in [-0.4, -0.2) is 47.8 Å². The lowest BCUT2D eigenvalue weighted by Gasteiger charge is -2.21. The highest BCUT2D eigenvalue weighted by atomic mass is 16.5. The predicted octanol–water partition coefficient (Wildman–Crippen LogP) is 2.00. The smallest absolute Gasteiger partial charge is 0.272 e. The van der Waals surface area contributed by atoms with Crippen LogP contribution in [0.2, 0.25) is 0 Å². The summed E-state index contributed by atoms with van der Waals surface area (Å²) in [5.41, 5.74) is 2.75. The van der Waals surface area contributed by atoms with Crippen LogP contribution in [0.15, 0.2) is 30.5 Å². The van der Waals surface area contributed by atoms with Crippen LogP contribution in [0.4, 0.5) is 5.69 Å². The number of aryl methyl sites for hydroxylation is 1. The van der Waals surface area contributed by atoms with E-state index in [0.717, 1.165) is 17.0 Å². The minimum absolute atomic E-state index is 0.00365. The third kappa shape index (κ3) is 3.02. The highest BCUT2D eigenvalue weighted by Gasteiger charge is 2.23. The summed E-state index contributed by atoms with van der Waals surface area (Å²) >= 11 is 0. The number of benzene rings is 1. The van der Waals surface area contributed by atoms with Crippen molar-refractivity contribution in [2.24, 2.45) is 0 Å². The molecule has 6 nitrogen and oxygen atoms in total. The molecule has 1 amide bonds. The van der Waals surface area contributed by atoms with Crippen molar-refractivity contribution in [3.05, 3.63) is 41.7 Å². The highest BCUT2D eigenvalue weighted by Crippen LogP contribution is 2.28. The zero-order chi connectivity index (χ0) is 16.4. The van der Waals surface area contributed by atoms with Crippen LogP contribution in [0.1, 0.15) is 23.0 Å². The molecule has 1 aliphatic heterocycles. The summed E-state index contributed by atoms with van der Waals surface area (Å²) in [5.74, 6) is 0.853. The first-order valence-corrected chi connectivity index (χ1v) is 7.84. The predicted molar refractivity (Wildman–Crippen MR) is 88.9 cm³/mol. The van der Waals surface area contributed by atoms with Gasteiger partial charge in [0, 0.05) is 44.6 Å². The molecular weight excluding hydrogens is 292 g/mol. The summed E-state index contributed by atoms with van der Waals surface area (Å²) in [7, 11) is 4.00. The van der Waals surface area contributed by atoms with Crippen molar-refractivity contribution in [2.45, 2.75) is 20.0 Å². The molecule has 3 rings (SSSR count). The Kier molecular flexibility index (Phi) is 4.23. The second-order valence-corrected chi connectivity index (χ2v) is 5.79. The molecule has 0 atom stereocenters. The van der Waals surface area contributed by atoms with Gasteiger partial charge in [0.05, 0.1) is 6.54 Å². The summed E-state index contributed by atoms with van der Waals surface area (Å²) in [4.78, 5) is 16.7. The molecule has 0 aliphatic carbocycles. The zero-order valence-corrected chi connectivity index (χ0v) is 13.8. The van der Waals surface area contributed by atoms with Gasteiger partial charge in [0.15, 0.2) is 0 Å². The van der Waals surface area contributed by atoms with Crippen LogP contribution in [0.25, 0.3) is 0 Å². The van der Waals surface area contributed by atoms with Crippen LogP contribution in [-0.2, 0) is 13.1 Å². The van der Waals surface area contributed by atoms with Crippen molar-refractivity contribution in [3.8, 4) is 5.75 Å². The number of hydrogen-bond acceptors (Lipinski definition) is 4. The molecule has 0 saturated heterocycles. The number of aromatic nitrogens is 2. The summed E-state index contributed by atoms with van der Waals surface area (Å²) in [6.45, 7) is 4.28. The first kappa shape index (κ1) is 15.4. The van der Waals surface area contributed by atoms with Gasteiger partial charge in [-0.05, 0) is 31.2 Å². The number of hydrogen-bond donors (Lipinski definition) is 0. The van der Waals surface area contributed by atoms with Gasteiger partial charge in [-0.1, -0.05) is 0 Å². The molecule has 0 fully saturated rings. The van der Waals surface area contributed by atoms with Gasteiger partial charge in [0.2, 0.25) is 0 Å². The SMILES string of the molecule is CCn1nccc1C(=O)N1CCOc2ccc(N(C)C)cc2C1. The van der Waals surface area contributed by atoms with Crippen molar-refractivity contribution in [1.29, 1.82) is 0 Å². The van der Waals surface area contributed by atoms with Gasteiger partial charge in [-0.2, -0.15) is 5.10 Å². The minimum Gasteiger partial charge on any atom is -0.491 e. The summed E-state index contributed by atoms with van der Waals surface area (Å²) < 4.78 is 7.53.